The first-order valence-electron chi connectivity index (χ1n) is 7.38. The summed E-state index contributed by atoms with van der Waals surface area (Å²) in [5.74, 6) is 0.613. The molecule has 1 N–H and O–H groups in total. The smallest absolute Gasteiger partial charge is 0.0678 e. The Morgan fingerprint density at radius 2 is 1.95 bits per heavy atom. The van der Waals surface area contributed by atoms with Crippen LogP contribution < -0.4 is 5.32 Å². The van der Waals surface area contributed by atoms with Crippen LogP contribution in [0.3, 0.4) is 0 Å². The molecule has 3 rings (SSSR count). The third-order valence-corrected chi connectivity index (χ3v) is 4.17. The molecule has 1 fully saturated rings. The lowest BCUT2D eigenvalue weighted by atomic mass is 9.90. The fraction of sp³-hybridized carbons (Fsp3) is 0.625. The molecule has 2 heterocycles. The van der Waals surface area contributed by atoms with Crippen LogP contribution in [0.15, 0.2) is 24.3 Å². The lowest BCUT2D eigenvalue weighted by molar-refractivity contribution is -0.0693. The number of morpholine rings is 1. The predicted octanol–water partition coefficient (Wildman–Crippen LogP) is 1.98. The molecule has 2 aliphatic rings. The second kappa shape index (κ2) is 5.61. The number of benzene rings is 1. The zero-order valence-electron chi connectivity index (χ0n) is 11.9. The van der Waals surface area contributed by atoms with E-state index in [1.165, 1.54) is 11.1 Å². The van der Waals surface area contributed by atoms with Crippen molar-refractivity contribution < 1.29 is 4.74 Å². The Hall–Kier alpha value is -0.900. The molecule has 3 atom stereocenters. The van der Waals surface area contributed by atoms with Crippen LogP contribution in [0.2, 0.25) is 0 Å². The van der Waals surface area contributed by atoms with Crippen molar-refractivity contribution in [1.82, 2.24) is 10.2 Å². The van der Waals surface area contributed by atoms with Gasteiger partial charge in [-0.1, -0.05) is 24.3 Å². The average molecular weight is 260 g/mol. The summed E-state index contributed by atoms with van der Waals surface area (Å²) < 4.78 is 5.82. The second-order valence-electron chi connectivity index (χ2n) is 6.00. The van der Waals surface area contributed by atoms with Crippen LogP contribution in [-0.4, -0.2) is 43.3 Å². The van der Waals surface area contributed by atoms with Crippen LogP contribution in [0.5, 0.6) is 0 Å². The first-order chi connectivity index (χ1) is 9.22. The molecule has 1 unspecified atom stereocenters. The number of rotatable bonds is 2. The highest BCUT2D eigenvalue weighted by molar-refractivity contribution is 5.32. The van der Waals surface area contributed by atoms with Gasteiger partial charge in [-0.25, -0.2) is 0 Å². The minimum atomic E-state index is 0.357. The largest absolute Gasteiger partial charge is 0.373 e. The summed E-state index contributed by atoms with van der Waals surface area (Å²) in [6.07, 6.45) is 0.714. The van der Waals surface area contributed by atoms with Crippen molar-refractivity contribution in [2.45, 2.75) is 38.5 Å². The quantitative estimate of drug-likeness (QED) is 0.880. The number of hydrogen-bond acceptors (Lipinski definition) is 3. The van der Waals surface area contributed by atoms with E-state index in [2.05, 4.69) is 48.3 Å². The van der Waals surface area contributed by atoms with Gasteiger partial charge in [0.2, 0.25) is 0 Å². The first-order valence-corrected chi connectivity index (χ1v) is 7.38. The van der Waals surface area contributed by atoms with Crippen molar-refractivity contribution in [1.29, 1.82) is 0 Å². The Morgan fingerprint density at radius 3 is 2.74 bits per heavy atom. The van der Waals surface area contributed by atoms with Gasteiger partial charge in [0.1, 0.15) is 0 Å². The molecule has 3 heteroatoms. The summed E-state index contributed by atoms with van der Waals surface area (Å²) in [5.41, 5.74) is 3.00. The van der Waals surface area contributed by atoms with E-state index in [0.717, 1.165) is 32.7 Å². The molecule has 2 aliphatic heterocycles. The highest BCUT2D eigenvalue weighted by Gasteiger charge is 2.27. The summed E-state index contributed by atoms with van der Waals surface area (Å²) in [5, 5.41) is 3.55. The lowest BCUT2D eigenvalue weighted by Crippen LogP contribution is -2.48. The maximum atomic E-state index is 5.82. The molecule has 0 amide bonds. The minimum Gasteiger partial charge on any atom is -0.373 e. The first kappa shape index (κ1) is 13.1. The van der Waals surface area contributed by atoms with Gasteiger partial charge in [0.15, 0.2) is 0 Å². The Bertz CT molecular complexity index is 425. The van der Waals surface area contributed by atoms with Crippen molar-refractivity contribution >= 4 is 0 Å². The van der Waals surface area contributed by atoms with Crippen LogP contribution in [0.1, 0.15) is 30.9 Å². The molecule has 1 aromatic rings. The van der Waals surface area contributed by atoms with Crippen LogP contribution >= 0.6 is 0 Å². The molecule has 0 aromatic heterocycles. The predicted molar refractivity (Wildman–Crippen MR) is 77.3 cm³/mol. The Morgan fingerprint density at radius 1 is 1.21 bits per heavy atom. The van der Waals surface area contributed by atoms with Crippen LogP contribution in [-0.2, 0) is 11.3 Å². The van der Waals surface area contributed by atoms with E-state index in [0.29, 0.717) is 18.1 Å². The Kier molecular flexibility index (Phi) is 3.87. The molecule has 0 aliphatic carbocycles. The fourth-order valence-electron chi connectivity index (χ4n) is 3.49. The van der Waals surface area contributed by atoms with Gasteiger partial charge >= 0.3 is 0 Å². The van der Waals surface area contributed by atoms with Crippen molar-refractivity contribution in [2.75, 3.05) is 26.2 Å². The number of fused-ring (bicyclic) bond motifs is 1. The van der Waals surface area contributed by atoms with Crippen LogP contribution in [0.25, 0.3) is 0 Å². The number of nitrogens with zero attached hydrogens (tertiary/aromatic N) is 1. The molecule has 0 radical (unpaired) electrons. The molecule has 0 saturated carbocycles. The van der Waals surface area contributed by atoms with Gasteiger partial charge in [-0.3, -0.25) is 4.90 Å². The number of nitrogens with one attached hydrogen (secondary N) is 1. The minimum absolute atomic E-state index is 0.357. The fourth-order valence-corrected chi connectivity index (χ4v) is 3.49. The summed E-state index contributed by atoms with van der Waals surface area (Å²) >= 11 is 0. The van der Waals surface area contributed by atoms with Gasteiger partial charge in [0.25, 0.3) is 0 Å². The summed E-state index contributed by atoms with van der Waals surface area (Å²) in [4.78, 5) is 2.56. The topological polar surface area (TPSA) is 24.5 Å². The van der Waals surface area contributed by atoms with Crippen molar-refractivity contribution in [3.63, 3.8) is 0 Å². The third kappa shape index (κ3) is 2.99. The van der Waals surface area contributed by atoms with E-state index in [4.69, 9.17) is 4.74 Å². The monoisotopic (exact) mass is 260 g/mol. The molecule has 19 heavy (non-hydrogen) atoms. The highest BCUT2D eigenvalue weighted by Crippen LogP contribution is 2.25. The van der Waals surface area contributed by atoms with Gasteiger partial charge in [-0.2, -0.15) is 0 Å². The van der Waals surface area contributed by atoms with Crippen LogP contribution in [0, 0.1) is 0 Å². The van der Waals surface area contributed by atoms with Gasteiger partial charge < -0.3 is 10.1 Å². The molecule has 1 saturated heterocycles. The van der Waals surface area contributed by atoms with E-state index >= 15 is 0 Å². The molecule has 1 aromatic carbocycles. The SMILES string of the molecule is C[C@@H]1CN(CC2CNCc3ccccc32)C[C@H](C)O1. The summed E-state index contributed by atoms with van der Waals surface area (Å²) in [6, 6.07) is 8.86. The van der Waals surface area contributed by atoms with E-state index < -0.39 is 0 Å². The van der Waals surface area contributed by atoms with Crippen molar-refractivity contribution in [3.05, 3.63) is 35.4 Å². The maximum Gasteiger partial charge on any atom is 0.0678 e. The molecule has 0 bridgehead atoms. The molecule has 0 spiro atoms. The molecule has 104 valence electrons. The Labute approximate surface area is 115 Å². The summed E-state index contributed by atoms with van der Waals surface area (Å²) in [6.45, 7) is 9.72. The van der Waals surface area contributed by atoms with E-state index in [1.54, 1.807) is 0 Å². The van der Waals surface area contributed by atoms with E-state index in [1.807, 2.05) is 0 Å². The lowest BCUT2D eigenvalue weighted by Gasteiger charge is -2.38. The zero-order chi connectivity index (χ0) is 13.2. The average Bonchev–Trinajstić information content (AvgIpc) is 2.38. The van der Waals surface area contributed by atoms with Crippen molar-refractivity contribution in [2.24, 2.45) is 0 Å². The summed E-state index contributed by atoms with van der Waals surface area (Å²) in [7, 11) is 0. The van der Waals surface area contributed by atoms with Gasteiger partial charge in [0.05, 0.1) is 12.2 Å². The van der Waals surface area contributed by atoms with Gasteiger partial charge in [-0.15, -0.1) is 0 Å². The number of hydrogen-bond donors (Lipinski definition) is 1. The Balaban J connectivity index is 1.70. The van der Waals surface area contributed by atoms with Crippen molar-refractivity contribution in [3.8, 4) is 0 Å². The normalized spacial score (nSPS) is 32.0. The van der Waals surface area contributed by atoms with E-state index in [9.17, 15) is 0 Å². The zero-order valence-corrected chi connectivity index (χ0v) is 11.9. The molecule has 3 nitrogen and oxygen atoms in total. The number of ether oxygens (including phenoxy) is 1. The maximum absolute atomic E-state index is 5.82. The highest BCUT2D eigenvalue weighted by atomic mass is 16.5. The second-order valence-corrected chi connectivity index (χ2v) is 6.00. The molecular formula is C16H24N2O. The molecular weight excluding hydrogens is 236 g/mol. The van der Waals surface area contributed by atoms with Gasteiger partial charge in [-0.05, 0) is 25.0 Å². The standard InChI is InChI=1S/C16H24N2O/c1-12-9-18(10-13(2)19-12)11-15-8-17-7-14-5-3-4-6-16(14)15/h3-6,12-13,15,17H,7-11H2,1-2H3/t12-,13+,15?. The van der Waals surface area contributed by atoms with Gasteiger partial charge in [0, 0.05) is 38.6 Å². The van der Waals surface area contributed by atoms with E-state index in [-0.39, 0.29) is 0 Å². The third-order valence-electron chi connectivity index (χ3n) is 4.17. The van der Waals surface area contributed by atoms with Crippen LogP contribution in [0.4, 0.5) is 0 Å².